The van der Waals surface area contributed by atoms with Crippen LogP contribution in [-0.2, 0) is 20.9 Å². The highest BCUT2D eigenvalue weighted by molar-refractivity contribution is 6.31. The Morgan fingerprint density at radius 1 is 1.24 bits per heavy atom. The van der Waals surface area contributed by atoms with E-state index in [2.05, 4.69) is 0 Å². The van der Waals surface area contributed by atoms with Crippen molar-refractivity contribution in [1.82, 2.24) is 9.80 Å². The number of benzene rings is 1. The molecule has 0 spiro atoms. The van der Waals surface area contributed by atoms with Gasteiger partial charge in [-0.05, 0) is 25.0 Å². The van der Waals surface area contributed by atoms with Crippen molar-refractivity contribution in [2.75, 3.05) is 13.6 Å². The molecule has 3 amide bonds. The van der Waals surface area contributed by atoms with Crippen LogP contribution in [0.4, 0.5) is 4.39 Å². The number of likely N-dealkylation sites (N-methyl/N-ethyl adjacent to an activating group) is 1. The zero-order chi connectivity index (χ0) is 18.1. The van der Waals surface area contributed by atoms with Gasteiger partial charge in [0.05, 0.1) is 11.8 Å². The lowest BCUT2D eigenvalue weighted by Gasteiger charge is -2.21. The van der Waals surface area contributed by atoms with Gasteiger partial charge in [-0.25, -0.2) is 4.39 Å². The van der Waals surface area contributed by atoms with Gasteiger partial charge in [0.1, 0.15) is 12.4 Å². The van der Waals surface area contributed by atoms with E-state index in [9.17, 15) is 18.8 Å². The number of carbonyl (C=O) groups is 3. The molecule has 0 radical (unpaired) electrons. The molecule has 2 atom stereocenters. The van der Waals surface area contributed by atoms with Crippen molar-refractivity contribution in [2.24, 2.45) is 11.8 Å². The Bertz CT molecular complexity index is 718. The summed E-state index contributed by atoms with van der Waals surface area (Å²) in [4.78, 5) is 39.5. The van der Waals surface area contributed by atoms with Gasteiger partial charge in [-0.2, -0.15) is 0 Å². The van der Waals surface area contributed by atoms with E-state index in [4.69, 9.17) is 11.6 Å². The zero-order valence-electron chi connectivity index (χ0n) is 13.7. The highest BCUT2D eigenvalue weighted by Gasteiger charge is 2.47. The maximum Gasteiger partial charge on any atom is 0.242 e. The minimum Gasteiger partial charge on any atom is -0.340 e. The SMILES string of the molecule is CN(Cc1c(F)cccc1Cl)C(=O)CN1C(=O)[C@H]2CC=CC[C@@H]2C1=O. The first-order valence-corrected chi connectivity index (χ1v) is 8.45. The highest BCUT2D eigenvalue weighted by Crippen LogP contribution is 2.35. The van der Waals surface area contributed by atoms with Crippen molar-refractivity contribution in [1.29, 1.82) is 0 Å². The highest BCUT2D eigenvalue weighted by atomic mass is 35.5. The van der Waals surface area contributed by atoms with Gasteiger partial charge in [0.25, 0.3) is 0 Å². The molecule has 1 aromatic carbocycles. The molecule has 3 rings (SSSR count). The molecule has 1 fully saturated rings. The van der Waals surface area contributed by atoms with Gasteiger partial charge in [-0.15, -0.1) is 0 Å². The van der Waals surface area contributed by atoms with Gasteiger partial charge < -0.3 is 4.90 Å². The molecule has 0 aromatic heterocycles. The van der Waals surface area contributed by atoms with E-state index >= 15 is 0 Å². The normalized spacial score (nSPS) is 22.3. The quantitative estimate of drug-likeness (QED) is 0.609. The fraction of sp³-hybridized carbons (Fsp3) is 0.389. The Morgan fingerprint density at radius 3 is 2.40 bits per heavy atom. The summed E-state index contributed by atoms with van der Waals surface area (Å²) in [6.45, 7) is -0.359. The molecule has 1 aliphatic heterocycles. The van der Waals surface area contributed by atoms with Crippen LogP contribution in [0, 0.1) is 17.7 Å². The van der Waals surface area contributed by atoms with E-state index in [1.807, 2.05) is 12.2 Å². The number of allylic oxidation sites excluding steroid dienone is 2. The fourth-order valence-electron chi connectivity index (χ4n) is 3.29. The summed E-state index contributed by atoms with van der Waals surface area (Å²) < 4.78 is 13.9. The molecule has 25 heavy (non-hydrogen) atoms. The van der Waals surface area contributed by atoms with Gasteiger partial charge in [-0.1, -0.05) is 29.8 Å². The van der Waals surface area contributed by atoms with E-state index in [1.165, 1.54) is 24.1 Å². The van der Waals surface area contributed by atoms with Gasteiger partial charge in [0.2, 0.25) is 17.7 Å². The second kappa shape index (κ2) is 6.96. The number of nitrogens with zero attached hydrogens (tertiary/aromatic N) is 2. The first-order valence-electron chi connectivity index (χ1n) is 8.07. The van der Waals surface area contributed by atoms with E-state index in [0.29, 0.717) is 12.8 Å². The van der Waals surface area contributed by atoms with Gasteiger partial charge in [0.15, 0.2) is 0 Å². The zero-order valence-corrected chi connectivity index (χ0v) is 14.5. The summed E-state index contributed by atoms with van der Waals surface area (Å²) in [5.74, 6) is -2.27. The molecule has 7 heteroatoms. The van der Waals surface area contributed by atoms with Crippen molar-refractivity contribution < 1.29 is 18.8 Å². The lowest BCUT2D eigenvalue weighted by Crippen LogP contribution is -2.41. The lowest BCUT2D eigenvalue weighted by atomic mass is 9.85. The molecule has 5 nitrogen and oxygen atoms in total. The van der Waals surface area contributed by atoms with E-state index in [-0.39, 0.29) is 47.3 Å². The molecule has 1 saturated heterocycles. The average molecular weight is 365 g/mol. The Balaban J connectivity index is 1.68. The largest absolute Gasteiger partial charge is 0.340 e. The smallest absolute Gasteiger partial charge is 0.242 e. The van der Waals surface area contributed by atoms with Crippen LogP contribution < -0.4 is 0 Å². The number of fused-ring (bicyclic) bond motifs is 1. The number of likely N-dealkylation sites (tertiary alicyclic amines) is 1. The molecular weight excluding hydrogens is 347 g/mol. The first kappa shape index (κ1) is 17.6. The molecule has 0 bridgehead atoms. The number of rotatable bonds is 4. The number of halogens is 2. The predicted octanol–water partition coefficient (Wildman–Crippen LogP) is 2.39. The molecule has 132 valence electrons. The minimum atomic E-state index is -0.502. The van der Waals surface area contributed by atoms with Crippen molar-refractivity contribution in [2.45, 2.75) is 19.4 Å². The average Bonchev–Trinajstić information content (AvgIpc) is 2.83. The maximum absolute atomic E-state index is 13.9. The maximum atomic E-state index is 13.9. The monoisotopic (exact) mass is 364 g/mol. The summed E-state index contributed by atoms with van der Waals surface area (Å²) in [5, 5.41) is 0.227. The summed E-state index contributed by atoms with van der Waals surface area (Å²) in [7, 11) is 1.49. The summed E-state index contributed by atoms with van der Waals surface area (Å²) >= 11 is 5.97. The molecule has 0 saturated carbocycles. The predicted molar refractivity (Wildman–Crippen MR) is 90.0 cm³/mol. The molecule has 1 aliphatic carbocycles. The van der Waals surface area contributed by atoms with Crippen LogP contribution in [0.15, 0.2) is 30.4 Å². The third-order valence-corrected chi connectivity index (χ3v) is 5.13. The first-order chi connectivity index (χ1) is 11.9. The molecule has 2 aliphatic rings. The standard InChI is InChI=1S/C18H18ClFN2O3/c1-21(9-13-14(19)7-4-8-15(13)20)16(23)10-22-17(24)11-5-2-3-6-12(11)18(22)25/h2-4,7-8,11-12H,5-6,9-10H2,1H3/t11-,12-/m0/s1. The summed E-state index contributed by atoms with van der Waals surface area (Å²) in [6.07, 6.45) is 4.84. The molecule has 1 aromatic rings. The van der Waals surface area contributed by atoms with Crippen molar-refractivity contribution in [3.63, 3.8) is 0 Å². The molecule has 0 N–H and O–H groups in total. The van der Waals surface area contributed by atoms with Gasteiger partial charge in [0, 0.05) is 24.2 Å². The number of hydrogen-bond donors (Lipinski definition) is 0. The Hall–Kier alpha value is -2.21. The van der Waals surface area contributed by atoms with Crippen LogP contribution in [0.5, 0.6) is 0 Å². The summed E-state index contributed by atoms with van der Waals surface area (Å²) in [6, 6.07) is 4.30. The van der Waals surface area contributed by atoms with Gasteiger partial charge in [-0.3, -0.25) is 19.3 Å². The topological polar surface area (TPSA) is 57.7 Å². The number of amides is 3. The van der Waals surface area contributed by atoms with Crippen molar-refractivity contribution in [3.05, 3.63) is 46.8 Å². The van der Waals surface area contributed by atoms with E-state index in [0.717, 1.165) is 4.90 Å². The van der Waals surface area contributed by atoms with Crippen molar-refractivity contribution in [3.8, 4) is 0 Å². The Kier molecular flexibility index (Phi) is 4.90. The second-order valence-corrected chi connectivity index (χ2v) is 6.78. The second-order valence-electron chi connectivity index (χ2n) is 6.37. The Morgan fingerprint density at radius 2 is 1.84 bits per heavy atom. The molecule has 1 heterocycles. The third-order valence-electron chi connectivity index (χ3n) is 4.77. The van der Waals surface area contributed by atoms with Crippen LogP contribution in [0.25, 0.3) is 0 Å². The number of imide groups is 1. The van der Waals surface area contributed by atoms with Crippen LogP contribution in [-0.4, -0.2) is 41.1 Å². The van der Waals surface area contributed by atoms with Crippen LogP contribution in [0.1, 0.15) is 18.4 Å². The minimum absolute atomic E-state index is 0.0328. The van der Waals surface area contributed by atoms with Crippen LogP contribution in [0.2, 0.25) is 5.02 Å². The summed E-state index contributed by atoms with van der Waals surface area (Å²) in [5.41, 5.74) is 0.206. The van der Waals surface area contributed by atoms with Crippen LogP contribution >= 0.6 is 11.6 Å². The van der Waals surface area contributed by atoms with Crippen LogP contribution in [0.3, 0.4) is 0 Å². The van der Waals surface area contributed by atoms with Gasteiger partial charge >= 0.3 is 0 Å². The van der Waals surface area contributed by atoms with Crippen molar-refractivity contribution >= 4 is 29.3 Å². The third kappa shape index (κ3) is 3.31. The number of carbonyl (C=O) groups excluding carboxylic acids is 3. The fourth-order valence-corrected chi connectivity index (χ4v) is 3.51. The van der Waals surface area contributed by atoms with E-state index in [1.54, 1.807) is 6.07 Å². The Labute approximate surface area is 150 Å². The van der Waals surface area contributed by atoms with E-state index < -0.39 is 11.7 Å². The molecule has 0 unspecified atom stereocenters. The lowest BCUT2D eigenvalue weighted by molar-refractivity contribution is -0.146. The molecular formula is C18H18ClFN2O3. The number of hydrogen-bond acceptors (Lipinski definition) is 3.